The van der Waals surface area contributed by atoms with Crippen molar-refractivity contribution in [3.05, 3.63) is 23.0 Å². The third-order valence-electron chi connectivity index (χ3n) is 3.59. The number of hydrogen-bond acceptors (Lipinski definition) is 2. The Morgan fingerprint density at radius 2 is 2.47 bits per heavy atom. The van der Waals surface area contributed by atoms with Crippen LogP contribution in [-0.4, -0.2) is 16.1 Å². The Hall–Kier alpha value is -1.58. The van der Waals surface area contributed by atoms with E-state index in [-0.39, 0.29) is 11.8 Å². The van der Waals surface area contributed by atoms with Crippen LogP contribution in [0.25, 0.3) is 6.08 Å². The molecule has 0 aliphatic heterocycles. The topological polar surface area (TPSA) is 71.8 Å². The molecule has 1 saturated carbocycles. The molecule has 1 aromatic heterocycles. The van der Waals surface area contributed by atoms with Crippen LogP contribution >= 0.6 is 0 Å². The number of H-pyrrole nitrogens is 1. The first-order chi connectivity index (χ1) is 7.25. The smallest absolute Gasteiger partial charge is 0.221 e. The van der Waals surface area contributed by atoms with Crippen molar-refractivity contribution in [3.8, 4) is 0 Å². The first-order valence-electron chi connectivity index (χ1n) is 5.27. The van der Waals surface area contributed by atoms with E-state index in [4.69, 9.17) is 5.73 Å². The normalized spacial score (nSPS) is 28.1. The number of aromatic amines is 1. The fraction of sp³-hybridized carbons (Fsp3) is 0.455. The number of amides is 1. The number of fused-ring (bicyclic) bond motifs is 2. The molecule has 2 aliphatic carbocycles. The first-order valence-corrected chi connectivity index (χ1v) is 5.27. The highest BCUT2D eigenvalue weighted by atomic mass is 16.1. The predicted octanol–water partition coefficient (Wildman–Crippen LogP) is 0.861. The van der Waals surface area contributed by atoms with Gasteiger partial charge in [-0.2, -0.15) is 5.10 Å². The average Bonchev–Trinajstić information content (AvgIpc) is 2.77. The molecule has 2 atom stereocenters. The summed E-state index contributed by atoms with van der Waals surface area (Å²) in [5.74, 6) is 0.197. The van der Waals surface area contributed by atoms with E-state index in [2.05, 4.69) is 16.3 Å². The highest BCUT2D eigenvalue weighted by molar-refractivity contribution is 5.79. The van der Waals surface area contributed by atoms with E-state index in [9.17, 15) is 4.79 Å². The zero-order valence-corrected chi connectivity index (χ0v) is 8.36. The number of primary amides is 1. The van der Waals surface area contributed by atoms with Gasteiger partial charge in [-0.15, -0.1) is 0 Å². The summed E-state index contributed by atoms with van der Waals surface area (Å²) in [5, 5.41) is 6.99. The monoisotopic (exact) mass is 203 g/mol. The van der Waals surface area contributed by atoms with Crippen molar-refractivity contribution in [2.75, 3.05) is 0 Å². The third-order valence-corrected chi connectivity index (χ3v) is 3.59. The molecule has 0 radical (unpaired) electrons. The van der Waals surface area contributed by atoms with Gasteiger partial charge in [-0.3, -0.25) is 9.89 Å². The Bertz CT molecular complexity index is 446. The molecule has 15 heavy (non-hydrogen) atoms. The van der Waals surface area contributed by atoms with Crippen molar-refractivity contribution in [1.82, 2.24) is 10.2 Å². The van der Waals surface area contributed by atoms with Gasteiger partial charge in [0, 0.05) is 5.92 Å². The molecule has 0 aromatic carbocycles. The van der Waals surface area contributed by atoms with Crippen LogP contribution in [0.2, 0.25) is 0 Å². The minimum atomic E-state index is -0.157. The van der Waals surface area contributed by atoms with Crippen molar-refractivity contribution in [2.24, 2.45) is 17.6 Å². The number of rotatable bonds is 1. The zero-order valence-electron chi connectivity index (χ0n) is 8.36. The molecule has 4 nitrogen and oxygen atoms in total. The standard InChI is InChI=1S/C11H13N3O/c12-11(15)8-2-1-6-4-10-7(3-9(6)8)5-13-14-10/h4-5,8-9H,1-3H2,(H2,12,15)(H,13,14). The fourth-order valence-corrected chi connectivity index (χ4v) is 2.79. The number of nitrogens with two attached hydrogens (primary N) is 1. The van der Waals surface area contributed by atoms with E-state index in [0.29, 0.717) is 5.92 Å². The first kappa shape index (κ1) is 8.71. The molecular formula is C11H13N3O. The van der Waals surface area contributed by atoms with Crippen molar-refractivity contribution in [3.63, 3.8) is 0 Å². The van der Waals surface area contributed by atoms with Gasteiger partial charge in [-0.05, 0) is 36.8 Å². The van der Waals surface area contributed by atoms with Crippen molar-refractivity contribution >= 4 is 12.0 Å². The summed E-state index contributed by atoms with van der Waals surface area (Å²) < 4.78 is 0. The lowest BCUT2D eigenvalue weighted by Gasteiger charge is -2.21. The maximum Gasteiger partial charge on any atom is 0.221 e. The van der Waals surface area contributed by atoms with E-state index in [1.54, 1.807) is 0 Å². The van der Waals surface area contributed by atoms with Gasteiger partial charge in [0.2, 0.25) is 5.91 Å². The van der Waals surface area contributed by atoms with Crippen LogP contribution in [0.4, 0.5) is 0 Å². The highest BCUT2D eigenvalue weighted by Crippen LogP contribution is 2.42. The molecule has 0 spiro atoms. The van der Waals surface area contributed by atoms with Gasteiger partial charge in [0.15, 0.2) is 0 Å². The minimum absolute atomic E-state index is 0.0271. The number of nitrogens with one attached hydrogen (secondary N) is 1. The van der Waals surface area contributed by atoms with Gasteiger partial charge in [0.25, 0.3) is 0 Å². The van der Waals surface area contributed by atoms with Gasteiger partial charge in [0.05, 0.1) is 11.9 Å². The average molecular weight is 203 g/mol. The Labute approximate surface area is 87.5 Å². The molecule has 1 heterocycles. The van der Waals surface area contributed by atoms with Gasteiger partial charge in [0.1, 0.15) is 0 Å². The van der Waals surface area contributed by atoms with Gasteiger partial charge in [-0.25, -0.2) is 0 Å². The molecule has 78 valence electrons. The Morgan fingerprint density at radius 1 is 1.60 bits per heavy atom. The molecule has 1 fully saturated rings. The molecule has 1 aromatic rings. The van der Waals surface area contributed by atoms with E-state index in [0.717, 1.165) is 25.0 Å². The maximum atomic E-state index is 11.3. The molecule has 4 heteroatoms. The van der Waals surface area contributed by atoms with Crippen LogP contribution < -0.4 is 5.73 Å². The number of allylic oxidation sites excluding steroid dienone is 1. The molecular weight excluding hydrogens is 190 g/mol. The predicted molar refractivity (Wildman–Crippen MR) is 55.7 cm³/mol. The van der Waals surface area contributed by atoms with Crippen molar-refractivity contribution < 1.29 is 4.79 Å². The lowest BCUT2D eigenvalue weighted by atomic mass is 9.83. The molecule has 0 bridgehead atoms. The molecule has 3 rings (SSSR count). The molecule has 2 aliphatic rings. The zero-order chi connectivity index (χ0) is 10.4. The third kappa shape index (κ3) is 1.21. The number of carbonyl (C=O) groups is 1. The number of carbonyl (C=O) groups excluding carboxylic acids is 1. The second-order valence-corrected chi connectivity index (χ2v) is 4.39. The van der Waals surface area contributed by atoms with Crippen LogP contribution in [-0.2, 0) is 11.2 Å². The fourth-order valence-electron chi connectivity index (χ4n) is 2.79. The molecule has 3 N–H and O–H groups in total. The lowest BCUT2D eigenvalue weighted by molar-refractivity contribution is -0.122. The Balaban J connectivity index is 1.98. The van der Waals surface area contributed by atoms with E-state index < -0.39 is 0 Å². The van der Waals surface area contributed by atoms with Crippen LogP contribution in [0, 0.1) is 11.8 Å². The second-order valence-electron chi connectivity index (χ2n) is 4.39. The molecule has 1 amide bonds. The molecule has 0 saturated heterocycles. The van der Waals surface area contributed by atoms with Crippen LogP contribution in [0.5, 0.6) is 0 Å². The summed E-state index contributed by atoms with van der Waals surface area (Å²) in [4.78, 5) is 11.3. The molecule has 2 unspecified atom stereocenters. The van der Waals surface area contributed by atoms with Gasteiger partial charge < -0.3 is 5.73 Å². The summed E-state index contributed by atoms with van der Waals surface area (Å²) in [6.07, 6.45) is 6.80. The van der Waals surface area contributed by atoms with Crippen LogP contribution in [0.1, 0.15) is 24.1 Å². The summed E-state index contributed by atoms with van der Waals surface area (Å²) in [6.45, 7) is 0. The van der Waals surface area contributed by atoms with E-state index in [1.165, 1.54) is 11.1 Å². The van der Waals surface area contributed by atoms with E-state index in [1.807, 2.05) is 6.20 Å². The summed E-state index contributed by atoms with van der Waals surface area (Å²) >= 11 is 0. The van der Waals surface area contributed by atoms with Gasteiger partial charge in [-0.1, -0.05) is 5.57 Å². The quantitative estimate of drug-likeness (QED) is 0.710. The summed E-state index contributed by atoms with van der Waals surface area (Å²) in [7, 11) is 0. The summed E-state index contributed by atoms with van der Waals surface area (Å²) in [5.41, 5.74) is 9.08. The minimum Gasteiger partial charge on any atom is -0.369 e. The summed E-state index contributed by atoms with van der Waals surface area (Å²) in [6, 6.07) is 0. The largest absolute Gasteiger partial charge is 0.369 e. The van der Waals surface area contributed by atoms with Gasteiger partial charge >= 0.3 is 0 Å². The van der Waals surface area contributed by atoms with Crippen molar-refractivity contribution in [2.45, 2.75) is 19.3 Å². The number of nitrogens with zero attached hydrogens (tertiary/aromatic N) is 1. The van der Waals surface area contributed by atoms with Crippen LogP contribution in [0.15, 0.2) is 11.8 Å². The maximum absolute atomic E-state index is 11.3. The second kappa shape index (κ2) is 2.95. The Kier molecular flexibility index (Phi) is 1.71. The van der Waals surface area contributed by atoms with E-state index >= 15 is 0 Å². The number of hydrogen-bond donors (Lipinski definition) is 2. The van der Waals surface area contributed by atoms with Crippen molar-refractivity contribution in [1.29, 1.82) is 0 Å². The SMILES string of the molecule is NC(=O)C1CCC2=Cc3[nH]ncc3CC21. The number of aromatic nitrogens is 2. The van der Waals surface area contributed by atoms with Crippen LogP contribution in [0.3, 0.4) is 0 Å². The highest BCUT2D eigenvalue weighted by Gasteiger charge is 2.37. The Morgan fingerprint density at radius 3 is 3.27 bits per heavy atom. The lowest BCUT2D eigenvalue weighted by Crippen LogP contribution is -2.28.